The van der Waals surface area contributed by atoms with Crippen molar-refractivity contribution in [2.45, 2.75) is 32.7 Å². The van der Waals surface area contributed by atoms with Crippen molar-refractivity contribution in [3.63, 3.8) is 0 Å². The molecule has 0 aliphatic carbocycles. The molecule has 0 bridgehead atoms. The fourth-order valence-electron chi connectivity index (χ4n) is 2.73. The summed E-state index contributed by atoms with van der Waals surface area (Å²) in [7, 11) is 0. The number of nitrogens with zero attached hydrogens (tertiary/aromatic N) is 2. The number of rotatable bonds is 6. The maximum absolute atomic E-state index is 12.7. The molecule has 2 aromatic heterocycles. The van der Waals surface area contributed by atoms with Gasteiger partial charge in [0.05, 0.1) is 5.69 Å². The minimum atomic E-state index is -0.168. The molecule has 3 rings (SSSR count). The molecule has 1 aromatic carbocycles. The van der Waals surface area contributed by atoms with Gasteiger partial charge in [-0.1, -0.05) is 35.5 Å². The number of aromatic nitrogens is 2. The first kappa shape index (κ1) is 16.9. The van der Waals surface area contributed by atoms with E-state index in [9.17, 15) is 4.79 Å². The molecule has 128 valence electrons. The van der Waals surface area contributed by atoms with Crippen molar-refractivity contribution in [2.75, 3.05) is 0 Å². The standard InChI is InChI=1S/C20H21N3O2/c1-14(10-11-16-7-4-3-5-8-16)22-20(24)18-15(2)23-25-19(18)17-9-6-12-21-13-17/h3-9,12-14H,10-11H2,1-2H3,(H,22,24). The third kappa shape index (κ3) is 4.12. The molecule has 5 heteroatoms. The highest BCUT2D eigenvalue weighted by Gasteiger charge is 2.22. The van der Waals surface area contributed by atoms with E-state index >= 15 is 0 Å². The van der Waals surface area contributed by atoms with Gasteiger partial charge in [0, 0.05) is 24.0 Å². The first-order chi connectivity index (χ1) is 12.1. The molecule has 1 N–H and O–H groups in total. The smallest absolute Gasteiger partial charge is 0.257 e. The largest absolute Gasteiger partial charge is 0.355 e. The molecule has 0 saturated heterocycles. The van der Waals surface area contributed by atoms with Crippen LogP contribution in [0.5, 0.6) is 0 Å². The van der Waals surface area contributed by atoms with E-state index in [0.717, 1.165) is 18.4 Å². The normalized spacial score (nSPS) is 11.9. The molecule has 1 amide bonds. The summed E-state index contributed by atoms with van der Waals surface area (Å²) in [5.41, 5.74) is 3.05. The Labute approximate surface area is 147 Å². The Morgan fingerprint density at radius 2 is 2.00 bits per heavy atom. The quantitative estimate of drug-likeness (QED) is 0.744. The van der Waals surface area contributed by atoms with E-state index in [2.05, 4.69) is 27.6 Å². The Kier molecular flexibility index (Phi) is 5.23. The van der Waals surface area contributed by atoms with Gasteiger partial charge in [-0.15, -0.1) is 0 Å². The molecule has 0 radical (unpaired) electrons. The minimum Gasteiger partial charge on any atom is -0.355 e. The molecular formula is C20H21N3O2. The molecule has 0 saturated carbocycles. The van der Waals surface area contributed by atoms with Crippen molar-refractivity contribution in [1.82, 2.24) is 15.5 Å². The van der Waals surface area contributed by atoms with E-state index < -0.39 is 0 Å². The van der Waals surface area contributed by atoms with Crippen LogP contribution >= 0.6 is 0 Å². The van der Waals surface area contributed by atoms with Crippen molar-refractivity contribution >= 4 is 5.91 Å². The van der Waals surface area contributed by atoms with Gasteiger partial charge < -0.3 is 9.84 Å². The molecule has 5 nitrogen and oxygen atoms in total. The molecule has 0 aliphatic rings. The highest BCUT2D eigenvalue weighted by atomic mass is 16.5. The monoisotopic (exact) mass is 335 g/mol. The highest BCUT2D eigenvalue weighted by molar-refractivity contribution is 6.00. The van der Waals surface area contributed by atoms with Crippen LogP contribution < -0.4 is 5.32 Å². The van der Waals surface area contributed by atoms with Crippen LogP contribution in [0.15, 0.2) is 59.4 Å². The van der Waals surface area contributed by atoms with Crippen molar-refractivity contribution < 1.29 is 9.32 Å². The van der Waals surface area contributed by atoms with Crippen molar-refractivity contribution in [1.29, 1.82) is 0 Å². The van der Waals surface area contributed by atoms with Crippen LogP contribution in [0.1, 0.15) is 35.0 Å². The van der Waals surface area contributed by atoms with Crippen molar-refractivity contribution in [2.24, 2.45) is 0 Å². The fraction of sp³-hybridized carbons (Fsp3) is 0.250. The first-order valence-electron chi connectivity index (χ1n) is 8.36. The fourth-order valence-corrected chi connectivity index (χ4v) is 2.73. The molecular weight excluding hydrogens is 314 g/mol. The second kappa shape index (κ2) is 7.75. The molecule has 1 atom stereocenters. The van der Waals surface area contributed by atoms with Crippen LogP contribution in [0, 0.1) is 6.92 Å². The number of hydrogen-bond donors (Lipinski definition) is 1. The van der Waals surface area contributed by atoms with Crippen molar-refractivity contribution in [3.05, 3.63) is 71.7 Å². The van der Waals surface area contributed by atoms with Gasteiger partial charge in [0.25, 0.3) is 5.91 Å². The number of aryl methyl sites for hydroxylation is 2. The van der Waals surface area contributed by atoms with E-state index in [4.69, 9.17) is 4.52 Å². The first-order valence-corrected chi connectivity index (χ1v) is 8.36. The summed E-state index contributed by atoms with van der Waals surface area (Å²) in [6.07, 6.45) is 5.12. The topological polar surface area (TPSA) is 68.0 Å². The SMILES string of the molecule is Cc1noc(-c2cccnc2)c1C(=O)NC(C)CCc1ccccc1. The Bertz CT molecular complexity index is 829. The van der Waals surface area contributed by atoms with Gasteiger partial charge in [-0.3, -0.25) is 9.78 Å². The third-order valence-corrected chi connectivity index (χ3v) is 4.10. The van der Waals surface area contributed by atoms with E-state index in [-0.39, 0.29) is 11.9 Å². The van der Waals surface area contributed by atoms with Crippen LogP contribution in [0.3, 0.4) is 0 Å². The Hall–Kier alpha value is -2.95. The Morgan fingerprint density at radius 3 is 2.72 bits per heavy atom. The average Bonchev–Trinajstić information content (AvgIpc) is 3.03. The third-order valence-electron chi connectivity index (χ3n) is 4.10. The molecule has 0 spiro atoms. The molecule has 1 unspecified atom stereocenters. The zero-order valence-electron chi connectivity index (χ0n) is 14.4. The molecule has 25 heavy (non-hydrogen) atoms. The minimum absolute atomic E-state index is 0.0451. The Balaban J connectivity index is 1.68. The van der Waals surface area contributed by atoms with Crippen LogP contribution in [0.4, 0.5) is 0 Å². The maximum atomic E-state index is 12.7. The second-order valence-corrected chi connectivity index (χ2v) is 6.11. The zero-order valence-corrected chi connectivity index (χ0v) is 14.4. The van der Waals surface area contributed by atoms with Gasteiger partial charge in [-0.2, -0.15) is 0 Å². The molecule has 3 aromatic rings. The van der Waals surface area contributed by atoms with Gasteiger partial charge in [0.2, 0.25) is 0 Å². The van der Waals surface area contributed by atoms with Crippen molar-refractivity contribution in [3.8, 4) is 11.3 Å². The number of carbonyl (C=O) groups is 1. The number of nitrogens with one attached hydrogen (secondary N) is 1. The molecule has 0 aliphatic heterocycles. The van der Waals surface area contributed by atoms with Crippen LogP contribution in [0.25, 0.3) is 11.3 Å². The summed E-state index contributed by atoms with van der Waals surface area (Å²) in [5, 5.41) is 7.00. The van der Waals surface area contributed by atoms with E-state index in [0.29, 0.717) is 17.0 Å². The summed E-state index contributed by atoms with van der Waals surface area (Å²) in [5.74, 6) is 0.288. The summed E-state index contributed by atoms with van der Waals surface area (Å²) in [6, 6.07) is 13.9. The summed E-state index contributed by atoms with van der Waals surface area (Å²) in [6.45, 7) is 3.78. The van der Waals surface area contributed by atoms with Gasteiger partial charge in [0.15, 0.2) is 5.76 Å². The molecule has 0 fully saturated rings. The van der Waals surface area contributed by atoms with E-state index in [1.165, 1.54) is 5.56 Å². The lowest BCUT2D eigenvalue weighted by Gasteiger charge is -2.14. The van der Waals surface area contributed by atoms with E-state index in [1.807, 2.05) is 31.2 Å². The number of benzene rings is 1. The number of pyridine rings is 1. The zero-order chi connectivity index (χ0) is 17.6. The predicted molar refractivity (Wildman–Crippen MR) is 96.2 cm³/mol. The lowest BCUT2D eigenvalue weighted by Crippen LogP contribution is -2.33. The van der Waals surface area contributed by atoms with Gasteiger partial charge in [-0.25, -0.2) is 0 Å². The second-order valence-electron chi connectivity index (χ2n) is 6.11. The summed E-state index contributed by atoms with van der Waals surface area (Å²) < 4.78 is 5.36. The molecule has 2 heterocycles. The van der Waals surface area contributed by atoms with Gasteiger partial charge in [-0.05, 0) is 44.4 Å². The van der Waals surface area contributed by atoms with E-state index in [1.54, 1.807) is 25.4 Å². The number of amides is 1. The van der Waals surface area contributed by atoms with Crippen LogP contribution in [-0.4, -0.2) is 22.1 Å². The Morgan fingerprint density at radius 1 is 1.20 bits per heavy atom. The lowest BCUT2D eigenvalue weighted by molar-refractivity contribution is 0.0938. The van der Waals surface area contributed by atoms with Crippen LogP contribution in [-0.2, 0) is 6.42 Å². The number of hydrogen-bond acceptors (Lipinski definition) is 4. The lowest BCUT2D eigenvalue weighted by atomic mass is 10.0. The van der Waals surface area contributed by atoms with Gasteiger partial charge in [0.1, 0.15) is 5.56 Å². The highest BCUT2D eigenvalue weighted by Crippen LogP contribution is 2.25. The maximum Gasteiger partial charge on any atom is 0.257 e. The predicted octanol–water partition coefficient (Wildman–Crippen LogP) is 3.80. The summed E-state index contributed by atoms with van der Waals surface area (Å²) in [4.78, 5) is 16.8. The van der Waals surface area contributed by atoms with Gasteiger partial charge >= 0.3 is 0 Å². The average molecular weight is 335 g/mol. The number of carbonyl (C=O) groups excluding carboxylic acids is 1. The summed E-state index contributed by atoms with van der Waals surface area (Å²) >= 11 is 0. The van der Waals surface area contributed by atoms with Crippen LogP contribution in [0.2, 0.25) is 0 Å².